The lowest BCUT2D eigenvalue weighted by atomic mass is 9.84. The molecular formula is C46H76N11O32P3S-4. The van der Waals surface area contributed by atoms with E-state index in [-0.39, 0.29) is 54.4 Å². The van der Waals surface area contributed by atoms with Gasteiger partial charge in [-0.2, -0.15) is 11.8 Å². The number of phosphoric ester groups is 3. The predicted octanol–water partition coefficient (Wildman–Crippen LogP) is -13.0. The maximum absolute atomic E-state index is 12.8. The highest BCUT2D eigenvalue weighted by Gasteiger charge is 2.55. The quantitative estimate of drug-likeness (QED) is 0.0246. The summed E-state index contributed by atoms with van der Waals surface area (Å²) in [5.41, 5.74) is 22.8. The monoisotopic (exact) mass is 1420 g/mol. The minimum atomic E-state index is -6.01. The Hall–Kier alpha value is -3.36. The van der Waals surface area contributed by atoms with Gasteiger partial charge in [-0.25, -0.2) is 19.3 Å². The molecule has 7 rings (SSSR count). The van der Waals surface area contributed by atoms with Crippen LogP contribution in [0.2, 0.25) is 0 Å². The number of phosphoric acid groups is 3. The number of aliphatic hydroxyl groups is 11. The number of carbonyl (C=O) groups excluding carboxylic acids is 3. The van der Waals surface area contributed by atoms with E-state index in [1.165, 1.54) is 0 Å². The fourth-order valence-electron chi connectivity index (χ4n) is 10.2. The van der Waals surface area contributed by atoms with Crippen molar-refractivity contribution in [2.24, 2.45) is 22.6 Å². The molecular weight excluding hydrogens is 1340 g/mol. The molecule has 4 aliphatic heterocycles. The molecule has 0 spiro atoms. The third-order valence-corrected chi connectivity index (χ3v) is 19.3. The second kappa shape index (κ2) is 32.5. The smallest absolute Gasteiger partial charge is 0.274 e. The Labute approximate surface area is 531 Å². The van der Waals surface area contributed by atoms with Crippen molar-refractivity contribution < 1.29 is 155 Å². The Morgan fingerprint density at radius 2 is 1.29 bits per heavy atom. The van der Waals surface area contributed by atoms with Crippen LogP contribution in [0.3, 0.4) is 0 Å². The van der Waals surface area contributed by atoms with Crippen LogP contribution in [-0.4, -0.2) is 292 Å². The molecule has 3 amide bonds. The number of nitrogen functional groups attached to an aromatic ring is 1. The van der Waals surface area contributed by atoms with Gasteiger partial charge in [0.2, 0.25) is 17.7 Å². The van der Waals surface area contributed by atoms with Crippen LogP contribution in [0.15, 0.2) is 12.7 Å². The zero-order valence-electron chi connectivity index (χ0n) is 49.1. The molecule has 4 saturated heterocycles. The van der Waals surface area contributed by atoms with Gasteiger partial charge < -0.3 is 166 Å². The van der Waals surface area contributed by atoms with Gasteiger partial charge in [-0.1, -0.05) is 13.8 Å². The number of anilines is 1. The van der Waals surface area contributed by atoms with Gasteiger partial charge in [-0.15, -0.1) is 0 Å². The Kier molecular flexibility index (Phi) is 26.9. The third-order valence-electron chi connectivity index (χ3n) is 15.4. The number of ether oxygens (including phenoxy) is 7. The largest absolute Gasteiger partial charge is 0.790 e. The van der Waals surface area contributed by atoms with E-state index in [1.54, 1.807) is 0 Å². The van der Waals surface area contributed by atoms with Gasteiger partial charge in [-0.05, 0) is 6.42 Å². The van der Waals surface area contributed by atoms with Crippen LogP contribution in [0, 0.1) is 5.41 Å². The standard InChI is InChI=1S/C46H80N11O32P3S/c1-46(2,13-80-92(77,78)89-91(75,76)79-11-21-36(88-90(72,73)74)33(69)42(81-21)57-15-56-25-39(50)54-14-55-40(25)57)38(70)41(71)52-4-3-22(60)51-5-6-93-12-23(61)53-8-18-26(62)29(65)24(49)43(82-18)85-34-16(47)7-17(48)35(32(34)68)86-45-37(30(66)27(63)19(9-58)84-45)87-44-31(67)28(64)20(10-59)83-44/h14-21,24,26-38,42-45,58-59,62-70H,3-13,47-49H2,1-2H3,(H,51,60)(H,52,71)(H,53,61)(H,75,76)(H,77,78)(H2,50,54,55)(H2,72,73,74)/p-4/t16-,17+,18+,19+,20+,21+,24+,26+,27+,28+,29+,30-,31+,32-,33+,34+,35-,36+,37+,38-,42+,43+,44-,45+/m0/s1. The summed E-state index contributed by atoms with van der Waals surface area (Å²) >= 11 is 1.05. The minimum absolute atomic E-state index is 0.00750. The van der Waals surface area contributed by atoms with Crippen molar-refractivity contribution in [2.45, 2.75) is 174 Å². The maximum Gasteiger partial charge on any atom is 0.274 e. The highest BCUT2D eigenvalue weighted by atomic mass is 32.2. The summed E-state index contributed by atoms with van der Waals surface area (Å²) in [6, 6.07) is -3.65. The molecule has 1 aliphatic carbocycles. The molecule has 93 heavy (non-hydrogen) atoms. The molecule has 532 valence electrons. The molecule has 6 heterocycles. The molecule has 5 fully saturated rings. The first-order valence-electron chi connectivity index (χ1n) is 28.3. The van der Waals surface area contributed by atoms with Crippen molar-refractivity contribution in [3.63, 3.8) is 0 Å². The molecule has 26 atom stereocenters. The molecule has 5 aliphatic rings. The summed E-state index contributed by atoms with van der Waals surface area (Å²) < 4.78 is 95.6. The average Bonchev–Trinajstić information content (AvgIpc) is 1.74. The number of nitrogens with zero attached hydrogens (tertiary/aromatic N) is 4. The van der Waals surface area contributed by atoms with Crippen molar-refractivity contribution >= 4 is 69.9 Å². The van der Waals surface area contributed by atoms with Gasteiger partial charge in [-0.3, -0.25) is 28.1 Å². The number of rotatable bonds is 31. The number of amides is 3. The average molecular weight is 1420 g/mol. The van der Waals surface area contributed by atoms with Crippen molar-refractivity contribution in [1.29, 1.82) is 0 Å². The number of nitrogens with two attached hydrogens (primary N) is 4. The summed E-state index contributed by atoms with van der Waals surface area (Å²) in [6.45, 7) is -2.46. The molecule has 2 unspecified atom stereocenters. The summed E-state index contributed by atoms with van der Waals surface area (Å²) in [5, 5.41) is 124. The summed E-state index contributed by atoms with van der Waals surface area (Å²) in [6.07, 6.45) is -34.5. The number of imidazole rings is 1. The number of hydrogen-bond donors (Lipinski definition) is 18. The maximum atomic E-state index is 12.8. The van der Waals surface area contributed by atoms with Gasteiger partial charge in [0.05, 0.1) is 52.4 Å². The first-order valence-corrected chi connectivity index (χ1v) is 33.9. The summed E-state index contributed by atoms with van der Waals surface area (Å²) in [7, 11) is -17.9. The van der Waals surface area contributed by atoms with E-state index >= 15 is 0 Å². The number of aromatic nitrogens is 4. The van der Waals surface area contributed by atoms with Gasteiger partial charge in [0.1, 0.15) is 116 Å². The van der Waals surface area contributed by atoms with E-state index in [2.05, 4.69) is 48.8 Å². The highest BCUT2D eigenvalue weighted by Crippen LogP contribution is 2.56. The molecule has 0 radical (unpaired) electrons. The molecule has 1 saturated carbocycles. The second-order valence-electron chi connectivity index (χ2n) is 22.7. The fourth-order valence-corrected chi connectivity index (χ4v) is 13.7. The van der Waals surface area contributed by atoms with Crippen molar-refractivity contribution in [3.05, 3.63) is 12.7 Å². The molecule has 0 aromatic carbocycles. The van der Waals surface area contributed by atoms with Gasteiger partial charge in [0.15, 0.2) is 36.6 Å². The number of thioether (sulfide) groups is 1. The van der Waals surface area contributed by atoms with Gasteiger partial charge >= 0.3 is 0 Å². The van der Waals surface area contributed by atoms with E-state index in [0.717, 1.165) is 42.8 Å². The Morgan fingerprint density at radius 1 is 0.699 bits per heavy atom. The predicted molar refractivity (Wildman–Crippen MR) is 296 cm³/mol. The van der Waals surface area contributed by atoms with Crippen LogP contribution in [0.25, 0.3) is 11.2 Å². The van der Waals surface area contributed by atoms with E-state index < -0.39 is 227 Å². The van der Waals surface area contributed by atoms with E-state index in [1.807, 2.05) is 0 Å². The first-order chi connectivity index (χ1) is 43.5. The lowest BCUT2D eigenvalue weighted by molar-refractivity contribution is -0.356. The lowest BCUT2D eigenvalue weighted by Crippen LogP contribution is -2.69. The Morgan fingerprint density at radius 3 is 1.94 bits per heavy atom. The topological polar surface area (TPSA) is 702 Å². The first kappa shape index (κ1) is 77.0. The minimum Gasteiger partial charge on any atom is -0.790 e. The lowest BCUT2D eigenvalue weighted by Gasteiger charge is -2.49. The molecule has 2 aromatic rings. The van der Waals surface area contributed by atoms with Gasteiger partial charge in [0.25, 0.3) is 15.6 Å². The number of nitrogens with one attached hydrogen (secondary N) is 3. The zero-order valence-corrected chi connectivity index (χ0v) is 52.6. The Balaban J connectivity index is 0.794. The van der Waals surface area contributed by atoms with Crippen LogP contribution in [0.5, 0.6) is 0 Å². The SMILES string of the molecule is CC(C)(COP(=O)([O-])OP(=O)([O-])OC[C@H]1O[C@@H](n2cnc3c(N)ncnc32)[C@H](O)[C@@H]1OP(=O)([O-])[O-])[C@@H](O)C(=O)NCCC(=O)NCCSCC(=O)NC[C@H]1O[C@H](O[C@H]2[C@H](O)[C@@H](O[C@H]3O[C@H](CO)[C@@H](O)[C@H](O)[C@H]3O[C@@H]3O[C@H](CO)[C@@H](O)[C@H]3O)[C@H](N)C[C@@H]2N)[C@H](N)[C@@H](O)[C@@H]1O. The van der Waals surface area contributed by atoms with E-state index in [0.29, 0.717) is 0 Å². The van der Waals surface area contributed by atoms with Crippen molar-refractivity contribution in [2.75, 3.05) is 63.3 Å². The highest BCUT2D eigenvalue weighted by molar-refractivity contribution is 7.99. The summed E-state index contributed by atoms with van der Waals surface area (Å²) in [5.74, 6) is -2.44. The number of aliphatic hydroxyl groups excluding tert-OH is 11. The van der Waals surface area contributed by atoms with Crippen LogP contribution >= 0.6 is 35.2 Å². The van der Waals surface area contributed by atoms with E-state index in [4.69, 9.17) is 56.1 Å². The molecule has 22 N–H and O–H groups in total. The third kappa shape index (κ3) is 19.5. The molecule has 0 bridgehead atoms. The van der Waals surface area contributed by atoms with Crippen molar-refractivity contribution in [1.82, 2.24) is 35.5 Å². The van der Waals surface area contributed by atoms with Crippen LogP contribution in [-0.2, 0) is 79.1 Å². The van der Waals surface area contributed by atoms with Crippen molar-refractivity contribution in [3.8, 4) is 0 Å². The molecule has 43 nitrogen and oxygen atoms in total. The van der Waals surface area contributed by atoms with Crippen LogP contribution in [0.4, 0.5) is 5.82 Å². The molecule has 2 aromatic heterocycles. The number of carbonyl (C=O) groups is 3. The van der Waals surface area contributed by atoms with E-state index in [9.17, 15) is 104 Å². The summed E-state index contributed by atoms with van der Waals surface area (Å²) in [4.78, 5) is 98.2. The fraction of sp³-hybridized carbons (Fsp3) is 0.826. The number of fused-ring (bicyclic) bond motifs is 1. The Bertz CT molecular complexity index is 2970. The zero-order chi connectivity index (χ0) is 68.8. The molecule has 47 heteroatoms. The van der Waals surface area contributed by atoms with Gasteiger partial charge in [0, 0.05) is 49.3 Å². The second-order valence-corrected chi connectivity index (χ2v) is 27.9. The van der Waals surface area contributed by atoms with Crippen LogP contribution in [0.1, 0.15) is 32.9 Å². The van der Waals surface area contributed by atoms with Crippen LogP contribution < -0.4 is 58.5 Å². The number of hydrogen-bond acceptors (Lipinski definition) is 40. The normalized spacial score (nSPS) is 36.8.